The van der Waals surface area contributed by atoms with E-state index in [4.69, 9.17) is 10.2 Å². The largest absolute Gasteiger partial charge is 0.466 e. The number of hydrogen-bond donors (Lipinski definition) is 3. The van der Waals surface area contributed by atoms with E-state index in [1.807, 2.05) is 22.8 Å². The molecule has 134 valence electrons. The summed E-state index contributed by atoms with van der Waals surface area (Å²) < 4.78 is 9.44. The zero-order valence-electron chi connectivity index (χ0n) is 15.0. The lowest BCUT2D eigenvalue weighted by atomic mass is 10.2. The molecule has 0 saturated heterocycles. The van der Waals surface area contributed by atoms with E-state index in [-0.39, 0.29) is 0 Å². The van der Waals surface area contributed by atoms with Crippen molar-refractivity contribution in [2.75, 3.05) is 25.4 Å². The first-order valence-electron chi connectivity index (χ1n) is 8.97. The lowest BCUT2D eigenvalue weighted by Crippen LogP contribution is -3.11. The number of imidazole rings is 1. The quantitative estimate of drug-likeness (QED) is 0.528. The van der Waals surface area contributed by atoms with E-state index in [9.17, 15) is 5.11 Å². The number of aliphatic hydroxyl groups is 1. The second-order valence-corrected chi connectivity index (χ2v) is 6.35. The SMILES string of the molecule is CC[NH+](CC)CCn1c(N)[n+](C[C@@H](O)c2ccco2)c2ccccc21. The van der Waals surface area contributed by atoms with Crippen LogP contribution in [0.2, 0.25) is 0 Å². The fraction of sp³-hybridized carbons (Fsp3) is 0.421. The van der Waals surface area contributed by atoms with Crippen LogP contribution in [0, 0.1) is 0 Å². The van der Waals surface area contributed by atoms with Crippen molar-refractivity contribution in [3.8, 4) is 0 Å². The molecular weight excluding hydrogens is 316 g/mol. The molecule has 3 aromatic rings. The maximum atomic E-state index is 10.5. The van der Waals surface area contributed by atoms with Gasteiger partial charge >= 0.3 is 5.95 Å². The first-order chi connectivity index (χ1) is 12.2. The molecule has 0 aliphatic rings. The van der Waals surface area contributed by atoms with Crippen LogP contribution in [0.1, 0.15) is 25.7 Å². The maximum absolute atomic E-state index is 10.5. The molecule has 1 aromatic carbocycles. The van der Waals surface area contributed by atoms with Gasteiger partial charge in [0.2, 0.25) is 0 Å². The molecule has 0 aliphatic carbocycles. The summed E-state index contributed by atoms with van der Waals surface area (Å²) in [5.41, 5.74) is 8.59. The van der Waals surface area contributed by atoms with Gasteiger partial charge in [-0.25, -0.2) is 9.13 Å². The predicted octanol–water partition coefficient (Wildman–Crippen LogP) is 0.762. The number of anilines is 1. The molecule has 6 nitrogen and oxygen atoms in total. The number of benzene rings is 1. The van der Waals surface area contributed by atoms with Crippen LogP contribution in [-0.2, 0) is 13.1 Å². The van der Waals surface area contributed by atoms with Crippen molar-refractivity contribution >= 4 is 17.0 Å². The molecule has 25 heavy (non-hydrogen) atoms. The van der Waals surface area contributed by atoms with E-state index in [0.717, 1.165) is 37.2 Å². The molecule has 3 rings (SSSR count). The fourth-order valence-corrected chi connectivity index (χ4v) is 3.36. The van der Waals surface area contributed by atoms with Crippen molar-refractivity contribution < 1.29 is 19.0 Å². The Labute approximate surface area is 148 Å². The van der Waals surface area contributed by atoms with Crippen molar-refractivity contribution in [1.82, 2.24) is 4.57 Å². The van der Waals surface area contributed by atoms with Crippen LogP contribution < -0.4 is 15.2 Å². The Morgan fingerprint density at radius 3 is 2.64 bits per heavy atom. The van der Waals surface area contributed by atoms with Gasteiger partial charge in [-0.1, -0.05) is 12.1 Å². The monoisotopic (exact) mass is 344 g/mol. The average Bonchev–Trinajstić information content (AvgIpc) is 3.25. The highest BCUT2D eigenvalue weighted by Crippen LogP contribution is 2.19. The van der Waals surface area contributed by atoms with Crippen LogP contribution in [-0.4, -0.2) is 29.3 Å². The zero-order chi connectivity index (χ0) is 17.8. The average molecular weight is 344 g/mol. The van der Waals surface area contributed by atoms with Gasteiger partial charge in [0, 0.05) is 0 Å². The van der Waals surface area contributed by atoms with Gasteiger partial charge in [0.1, 0.15) is 42.5 Å². The summed E-state index contributed by atoms with van der Waals surface area (Å²) in [7, 11) is 0. The highest BCUT2D eigenvalue weighted by molar-refractivity contribution is 5.73. The lowest BCUT2D eigenvalue weighted by molar-refractivity contribution is -0.897. The van der Waals surface area contributed by atoms with Gasteiger partial charge in [0.25, 0.3) is 0 Å². The summed E-state index contributed by atoms with van der Waals surface area (Å²) in [4.78, 5) is 1.54. The number of aromatic nitrogens is 2. The van der Waals surface area contributed by atoms with E-state index in [1.165, 1.54) is 0 Å². The Hall–Kier alpha value is -2.31. The molecule has 1 atom stereocenters. The summed E-state index contributed by atoms with van der Waals surface area (Å²) in [5.74, 6) is 1.22. The third kappa shape index (κ3) is 3.55. The number of hydrogen-bond acceptors (Lipinski definition) is 3. The van der Waals surface area contributed by atoms with E-state index in [0.29, 0.717) is 18.3 Å². The van der Waals surface area contributed by atoms with Gasteiger partial charge in [-0.2, -0.15) is 0 Å². The normalized spacial score (nSPS) is 13.0. The van der Waals surface area contributed by atoms with Crippen LogP contribution >= 0.6 is 0 Å². The van der Waals surface area contributed by atoms with Crippen LogP contribution in [0.5, 0.6) is 0 Å². The number of nitrogens with two attached hydrogens (primary N) is 1. The first-order valence-corrected chi connectivity index (χ1v) is 8.97. The van der Waals surface area contributed by atoms with Gasteiger partial charge in [0.15, 0.2) is 0 Å². The third-order valence-corrected chi connectivity index (χ3v) is 4.93. The number of nitrogen functional groups attached to an aromatic ring is 1. The number of aliphatic hydroxyl groups excluding tert-OH is 1. The summed E-state index contributed by atoms with van der Waals surface area (Å²) in [6.45, 7) is 8.86. The topological polar surface area (TPSA) is 72.6 Å². The summed E-state index contributed by atoms with van der Waals surface area (Å²) in [5, 5.41) is 10.5. The van der Waals surface area contributed by atoms with Crippen molar-refractivity contribution in [3.05, 3.63) is 48.4 Å². The van der Waals surface area contributed by atoms with Gasteiger partial charge in [-0.3, -0.25) is 5.73 Å². The van der Waals surface area contributed by atoms with Gasteiger partial charge < -0.3 is 14.4 Å². The van der Waals surface area contributed by atoms with Crippen molar-refractivity contribution in [1.29, 1.82) is 0 Å². The third-order valence-electron chi connectivity index (χ3n) is 4.93. The number of furan rings is 1. The molecule has 0 saturated carbocycles. The van der Waals surface area contributed by atoms with E-state index in [2.05, 4.69) is 24.5 Å². The Bertz CT molecular complexity index is 806. The second kappa shape index (κ2) is 7.72. The van der Waals surface area contributed by atoms with Crippen molar-refractivity contribution in [2.24, 2.45) is 0 Å². The molecule has 0 spiro atoms. The van der Waals surface area contributed by atoms with Crippen LogP contribution in [0.15, 0.2) is 47.1 Å². The van der Waals surface area contributed by atoms with E-state index < -0.39 is 6.10 Å². The highest BCUT2D eigenvalue weighted by Gasteiger charge is 2.24. The van der Waals surface area contributed by atoms with Gasteiger partial charge in [-0.05, 0) is 38.1 Å². The number of para-hydroxylation sites is 2. The minimum absolute atomic E-state index is 0.366. The van der Waals surface area contributed by atoms with Gasteiger partial charge in [-0.15, -0.1) is 0 Å². The summed E-state index contributed by atoms with van der Waals surface area (Å²) in [6.07, 6.45) is 0.845. The van der Waals surface area contributed by atoms with Crippen molar-refractivity contribution in [3.63, 3.8) is 0 Å². The predicted molar refractivity (Wildman–Crippen MR) is 97.1 cm³/mol. The molecule has 0 aliphatic heterocycles. The molecule has 0 fully saturated rings. The fourth-order valence-electron chi connectivity index (χ4n) is 3.36. The molecule has 0 unspecified atom stereocenters. The number of likely N-dealkylation sites (N-methyl/N-ethyl adjacent to an activating group) is 1. The first kappa shape index (κ1) is 17.5. The minimum atomic E-state index is -0.727. The standard InChI is InChI=1S/C19H26N4O2/c1-3-21(4-2)11-12-22-15-8-5-6-9-16(15)23(19(22)20)14-17(24)18-10-7-13-25-18/h5-10,13,17,20,24H,3-4,11-12,14H2,1-2H3/p+2/t17-/m1/s1. The zero-order valence-corrected chi connectivity index (χ0v) is 15.0. The smallest absolute Gasteiger partial charge is 0.356 e. The summed E-state index contributed by atoms with van der Waals surface area (Å²) in [6, 6.07) is 11.7. The molecular formula is C19H28N4O2+2. The highest BCUT2D eigenvalue weighted by atomic mass is 16.4. The molecule has 6 heteroatoms. The maximum Gasteiger partial charge on any atom is 0.356 e. The minimum Gasteiger partial charge on any atom is -0.466 e. The molecule has 0 radical (unpaired) electrons. The van der Waals surface area contributed by atoms with Crippen molar-refractivity contribution in [2.45, 2.75) is 33.0 Å². The molecule has 2 heterocycles. The lowest BCUT2D eigenvalue weighted by Gasteiger charge is -2.14. The number of rotatable bonds is 8. The second-order valence-electron chi connectivity index (χ2n) is 6.35. The van der Waals surface area contributed by atoms with Crippen LogP contribution in [0.3, 0.4) is 0 Å². The Balaban J connectivity index is 1.92. The number of nitrogens with one attached hydrogen (secondary N) is 1. The number of quaternary nitrogens is 1. The van der Waals surface area contributed by atoms with E-state index in [1.54, 1.807) is 23.3 Å². The molecule has 0 amide bonds. The van der Waals surface area contributed by atoms with Crippen LogP contribution in [0.4, 0.5) is 5.95 Å². The number of nitrogens with zero attached hydrogens (tertiary/aromatic N) is 2. The molecule has 2 aromatic heterocycles. The molecule has 4 N–H and O–H groups in total. The Morgan fingerprint density at radius 2 is 1.96 bits per heavy atom. The summed E-state index contributed by atoms with van der Waals surface area (Å²) >= 11 is 0. The van der Waals surface area contributed by atoms with Crippen LogP contribution in [0.25, 0.3) is 11.0 Å². The Morgan fingerprint density at radius 1 is 1.20 bits per heavy atom. The van der Waals surface area contributed by atoms with E-state index >= 15 is 0 Å². The Kier molecular flexibility index (Phi) is 5.40. The number of fused-ring (bicyclic) bond motifs is 1. The molecule has 0 bridgehead atoms. The van der Waals surface area contributed by atoms with Gasteiger partial charge in [0.05, 0.1) is 19.4 Å².